The molecule has 4 heterocycles. The first-order valence-electron chi connectivity index (χ1n) is 25.8. The van der Waals surface area contributed by atoms with E-state index in [4.69, 9.17) is 14.2 Å². The summed E-state index contributed by atoms with van der Waals surface area (Å²) in [5, 5.41) is 1.44. The number of aromatic nitrogens is 2. The van der Waals surface area contributed by atoms with Crippen LogP contribution in [0, 0.1) is 6.92 Å². The highest BCUT2D eigenvalue weighted by atomic mass is 32.2. The van der Waals surface area contributed by atoms with Crippen LogP contribution >= 0.6 is 0 Å². The van der Waals surface area contributed by atoms with Crippen LogP contribution in [0.25, 0.3) is 21.8 Å². The van der Waals surface area contributed by atoms with Gasteiger partial charge in [-0.05, 0) is 91.3 Å². The van der Waals surface area contributed by atoms with Gasteiger partial charge >= 0.3 is 0 Å². The Kier molecular flexibility index (Phi) is 16.2. The number of rotatable bonds is 19. The van der Waals surface area contributed by atoms with Crippen molar-refractivity contribution in [3.05, 3.63) is 186 Å². The van der Waals surface area contributed by atoms with E-state index in [9.17, 15) is 26.4 Å². The molecular formula is C59H60N8O9S2. The third-order valence-electron chi connectivity index (χ3n) is 14.0. The Morgan fingerprint density at radius 2 is 1.06 bits per heavy atom. The van der Waals surface area contributed by atoms with Crippen molar-refractivity contribution in [1.82, 2.24) is 29.6 Å². The zero-order chi connectivity index (χ0) is 54.2. The van der Waals surface area contributed by atoms with Crippen molar-refractivity contribution in [3.8, 4) is 17.2 Å². The number of hydrogen-bond acceptors (Lipinski definition) is 13. The number of aryl methyl sites for hydroxylation is 1. The van der Waals surface area contributed by atoms with E-state index < -0.39 is 20.0 Å². The van der Waals surface area contributed by atoms with Crippen LogP contribution in [0.4, 0.5) is 11.4 Å². The number of piperazine rings is 2. The van der Waals surface area contributed by atoms with Crippen LogP contribution in [0.5, 0.6) is 17.2 Å². The van der Waals surface area contributed by atoms with Gasteiger partial charge in [0.25, 0.3) is 31.9 Å². The Morgan fingerprint density at radius 3 is 1.65 bits per heavy atom. The molecule has 402 valence electrons. The Bertz CT molecular complexity index is 3690. The molecule has 78 heavy (non-hydrogen) atoms. The number of ether oxygens (including phenoxy) is 3. The van der Waals surface area contributed by atoms with E-state index in [1.54, 1.807) is 93.2 Å². The first kappa shape index (κ1) is 53.3. The van der Waals surface area contributed by atoms with E-state index in [0.717, 1.165) is 33.4 Å². The first-order valence-corrected chi connectivity index (χ1v) is 28.8. The quantitative estimate of drug-likeness (QED) is 0.0734. The summed E-state index contributed by atoms with van der Waals surface area (Å²) in [6, 6.07) is 42.6. The second-order valence-electron chi connectivity index (χ2n) is 19.2. The number of hydrogen-bond donors (Lipinski definition) is 2. The maximum absolute atomic E-state index is 13.7. The molecule has 2 aromatic heterocycles. The summed E-state index contributed by atoms with van der Waals surface area (Å²) in [6.45, 7) is 8.75. The van der Waals surface area contributed by atoms with Crippen LogP contribution in [-0.2, 0) is 33.1 Å². The smallest absolute Gasteiger partial charge is 0.264 e. The number of pyridine rings is 2. The number of sulfonamides is 2. The molecule has 2 saturated heterocycles. The van der Waals surface area contributed by atoms with Gasteiger partial charge in [0.05, 0.1) is 37.0 Å². The van der Waals surface area contributed by atoms with Crippen molar-refractivity contribution in [2.45, 2.75) is 36.2 Å². The van der Waals surface area contributed by atoms with E-state index in [-0.39, 0.29) is 21.6 Å². The molecule has 0 atom stereocenters. The number of fused-ring (bicyclic) bond motifs is 2. The highest BCUT2D eigenvalue weighted by Crippen LogP contribution is 2.30. The number of anilines is 2. The van der Waals surface area contributed by atoms with Crippen molar-refractivity contribution in [2.24, 2.45) is 0 Å². The number of nitrogens with one attached hydrogen (secondary N) is 2. The minimum Gasteiger partial charge on any atom is -0.497 e. The van der Waals surface area contributed by atoms with Gasteiger partial charge in [-0.25, -0.2) is 16.8 Å². The van der Waals surface area contributed by atoms with E-state index in [1.807, 2.05) is 70.5 Å². The summed E-state index contributed by atoms with van der Waals surface area (Å²) in [5.41, 5.74) is 5.17. The molecule has 19 heteroatoms. The molecule has 10 rings (SSSR count). The SMILES string of the molecule is COc1ccc(CN2CCN(C(=O)c3ccc(NS(=O)(=O)c4cccc5cccnc45)c(C)c3)CC2)c(OCCCOc2ccccc2CN2CCN(C(=O)c3ccc(NS(=O)(=O)c4cccc5cccnc45)cc3)CC2)c1. The molecule has 2 N–H and O–H groups in total. The fraction of sp³-hybridized carbons (Fsp3) is 0.254. The first-order chi connectivity index (χ1) is 37.8. The number of carbonyl (C=O) groups is 2. The summed E-state index contributed by atoms with van der Waals surface area (Å²) in [4.78, 5) is 44.3. The van der Waals surface area contributed by atoms with Gasteiger partial charge in [0, 0.05) is 129 Å². The molecule has 0 saturated carbocycles. The Balaban J connectivity index is 0.663. The lowest BCUT2D eigenvalue weighted by Gasteiger charge is -2.35. The molecule has 8 aromatic rings. The van der Waals surface area contributed by atoms with E-state index in [2.05, 4.69) is 35.3 Å². The predicted molar refractivity (Wildman–Crippen MR) is 300 cm³/mol. The summed E-state index contributed by atoms with van der Waals surface area (Å²) >= 11 is 0. The molecule has 0 aliphatic carbocycles. The zero-order valence-electron chi connectivity index (χ0n) is 43.4. The number of para-hydroxylation sites is 3. The van der Waals surface area contributed by atoms with Crippen LogP contribution in [0.15, 0.2) is 168 Å². The summed E-state index contributed by atoms with van der Waals surface area (Å²) < 4.78 is 77.1. The predicted octanol–water partition coefficient (Wildman–Crippen LogP) is 8.47. The summed E-state index contributed by atoms with van der Waals surface area (Å²) in [5.74, 6) is 1.99. The molecular weight excluding hydrogens is 1030 g/mol. The maximum atomic E-state index is 13.7. The zero-order valence-corrected chi connectivity index (χ0v) is 45.0. The minimum atomic E-state index is -3.95. The maximum Gasteiger partial charge on any atom is 0.264 e. The standard InChI is InChI=1S/C59H60N8O9S2/c1-42-38-46(21-25-51(42)63-78(72,73)55-17-6-12-44-14-8-27-61-57(44)55)59(69)67-34-30-65(31-35-67)41-48-20-24-50(74-2)39-53(48)76-37-9-36-75-52-15-4-3-10-47(52)40-64-28-32-66(33-29-64)58(68)45-18-22-49(23-19-45)62-77(70,71)54-16-5-11-43-13-7-26-60-56(43)54/h3-8,10-27,38-39,62-63H,9,28-37,40-41H2,1-2H3. The van der Waals surface area contributed by atoms with Crippen molar-refractivity contribution in [1.29, 1.82) is 0 Å². The van der Waals surface area contributed by atoms with Gasteiger partial charge in [0.2, 0.25) is 0 Å². The van der Waals surface area contributed by atoms with Crippen LogP contribution in [-0.4, -0.2) is 131 Å². The number of benzene rings is 6. The molecule has 2 amide bonds. The number of carbonyl (C=O) groups excluding carboxylic acids is 2. The number of amides is 2. The fourth-order valence-corrected chi connectivity index (χ4v) is 12.3. The molecule has 2 fully saturated rings. The lowest BCUT2D eigenvalue weighted by molar-refractivity contribution is 0.0621. The second kappa shape index (κ2) is 23.6. The minimum absolute atomic E-state index is 0.0819. The van der Waals surface area contributed by atoms with Crippen molar-refractivity contribution in [3.63, 3.8) is 0 Å². The van der Waals surface area contributed by atoms with Crippen molar-refractivity contribution in [2.75, 3.05) is 82.1 Å². The second-order valence-corrected chi connectivity index (χ2v) is 22.6. The lowest BCUT2D eigenvalue weighted by atomic mass is 10.1. The van der Waals surface area contributed by atoms with E-state index in [0.29, 0.717) is 130 Å². The van der Waals surface area contributed by atoms with Crippen LogP contribution in [0.1, 0.15) is 43.8 Å². The highest BCUT2D eigenvalue weighted by molar-refractivity contribution is 7.93. The molecule has 2 aliphatic rings. The van der Waals surface area contributed by atoms with Gasteiger partial charge in [0.15, 0.2) is 0 Å². The highest BCUT2D eigenvalue weighted by Gasteiger charge is 2.27. The third kappa shape index (κ3) is 12.3. The number of nitrogens with zero attached hydrogens (tertiary/aromatic N) is 6. The molecule has 0 spiro atoms. The van der Waals surface area contributed by atoms with Gasteiger partial charge in [-0.3, -0.25) is 38.8 Å². The Hall–Kier alpha value is -8.10. The third-order valence-corrected chi connectivity index (χ3v) is 16.8. The van der Waals surface area contributed by atoms with Crippen molar-refractivity contribution < 1.29 is 40.6 Å². The Morgan fingerprint density at radius 1 is 0.538 bits per heavy atom. The molecule has 0 bridgehead atoms. The monoisotopic (exact) mass is 1090 g/mol. The van der Waals surface area contributed by atoms with Gasteiger partial charge in [-0.2, -0.15) is 0 Å². The lowest BCUT2D eigenvalue weighted by Crippen LogP contribution is -2.48. The van der Waals surface area contributed by atoms with Crippen LogP contribution in [0.3, 0.4) is 0 Å². The molecule has 0 radical (unpaired) electrons. The Labute approximate surface area is 454 Å². The molecule has 6 aromatic carbocycles. The summed E-state index contributed by atoms with van der Waals surface area (Å²) in [6.07, 6.45) is 3.76. The average molecular weight is 1090 g/mol. The van der Waals surface area contributed by atoms with E-state index >= 15 is 0 Å². The molecule has 2 aliphatic heterocycles. The van der Waals surface area contributed by atoms with Gasteiger partial charge in [-0.1, -0.05) is 60.7 Å². The molecule has 0 unspecified atom stereocenters. The number of methoxy groups -OCH3 is 1. The van der Waals surface area contributed by atoms with Gasteiger partial charge < -0.3 is 24.0 Å². The largest absolute Gasteiger partial charge is 0.497 e. The van der Waals surface area contributed by atoms with E-state index in [1.165, 1.54) is 12.1 Å². The normalized spacial score (nSPS) is 14.5. The average Bonchev–Trinajstić information content (AvgIpc) is 3.52. The summed E-state index contributed by atoms with van der Waals surface area (Å²) in [7, 11) is -6.25. The van der Waals surface area contributed by atoms with Crippen LogP contribution < -0.4 is 23.7 Å². The molecule has 17 nitrogen and oxygen atoms in total. The van der Waals surface area contributed by atoms with Gasteiger partial charge in [-0.15, -0.1) is 0 Å². The van der Waals surface area contributed by atoms with Crippen molar-refractivity contribution >= 4 is 65.0 Å². The fourth-order valence-electron chi connectivity index (χ4n) is 9.78. The van der Waals surface area contributed by atoms with Gasteiger partial charge in [0.1, 0.15) is 27.0 Å². The van der Waals surface area contributed by atoms with Crippen LogP contribution in [0.2, 0.25) is 0 Å². The topological polar surface area (TPSA) is 193 Å².